The molecule has 2 aliphatic rings. The maximum absolute atomic E-state index is 13.8. The molecule has 2 amide bonds. The van der Waals surface area contributed by atoms with Crippen molar-refractivity contribution in [2.75, 3.05) is 12.0 Å². The quantitative estimate of drug-likeness (QED) is 0.564. The maximum Gasteiger partial charge on any atom is 0.327 e. The number of hydrogen-bond acceptors (Lipinski definition) is 5. The Kier molecular flexibility index (Phi) is 6.91. The first kappa shape index (κ1) is 24.4. The molecule has 2 heterocycles. The number of nitrogens with one attached hydrogen (secondary N) is 1. The fourth-order valence-electron chi connectivity index (χ4n) is 5.01. The summed E-state index contributed by atoms with van der Waals surface area (Å²) in [7, 11) is 1.53. The molecule has 4 rings (SSSR count). The molecule has 2 N–H and O–H groups in total. The number of hydrogen-bond donors (Lipinski definition) is 2. The average Bonchev–Trinajstić information content (AvgIpc) is 3.20. The van der Waals surface area contributed by atoms with Crippen LogP contribution in [0.1, 0.15) is 48.2 Å². The van der Waals surface area contributed by atoms with Crippen LogP contribution in [0.2, 0.25) is 0 Å². The normalized spacial score (nSPS) is 20.4. The second-order valence-corrected chi connectivity index (χ2v) is 9.25. The SMILES string of the molecule is CC[C@H](C)[C@H](NC(=O)c1ccc(OC)cc1)C(=O)[C@@H]1CCc2cccc3c2N(C1=O)[C@H](C(=O)O)C3. The van der Waals surface area contributed by atoms with Gasteiger partial charge in [0, 0.05) is 12.0 Å². The van der Waals surface area contributed by atoms with E-state index in [-0.39, 0.29) is 24.5 Å². The van der Waals surface area contributed by atoms with Gasteiger partial charge in [0.15, 0.2) is 5.78 Å². The number of ether oxygens (including phenoxy) is 1. The lowest BCUT2D eigenvalue weighted by Gasteiger charge is -2.29. The van der Waals surface area contributed by atoms with Crippen LogP contribution in [-0.4, -0.2) is 47.9 Å². The van der Waals surface area contributed by atoms with Crippen LogP contribution in [0.5, 0.6) is 5.75 Å². The molecule has 0 aromatic heterocycles. The van der Waals surface area contributed by atoms with E-state index in [0.29, 0.717) is 29.8 Å². The molecule has 184 valence electrons. The zero-order valence-corrected chi connectivity index (χ0v) is 20.1. The van der Waals surface area contributed by atoms with Crippen LogP contribution >= 0.6 is 0 Å². The van der Waals surface area contributed by atoms with Crippen molar-refractivity contribution in [1.82, 2.24) is 5.32 Å². The Morgan fingerprint density at radius 1 is 1.14 bits per heavy atom. The number of carbonyl (C=O) groups excluding carboxylic acids is 3. The Hall–Kier alpha value is -3.68. The largest absolute Gasteiger partial charge is 0.497 e. The highest BCUT2D eigenvalue weighted by molar-refractivity contribution is 6.14. The molecule has 0 radical (unpaired) electrons. The molecule has 8 heteroatoms. The van der Waals surface area contributed by atoms with Crippen LogP contribution in [0.25, 0.3) is 0 Å². The van der Waals surface area contributed by atoms with Gasteiger partial charge in [0.1, 0.15) is 11.8 Å². The molecule has 0 saturated carbocycles. The molecule has 0 unspecified atom stereocenters. The van der Waals surface area contributed by atoms with E-state index in [2.05, 4.69) is 5.32 Å². The Morgan fingerprint density at radius 2 is 1.83 bits per heavy atom. The van der Waals surface area contributed by atoms with Gasteiger partial charge in [0.05, 0.1) is 24.8 Å². The molecule has 2 aliphatic heterocycles. The lowest BCUT2D eigenvalue weighted by molar-refractivity contribution is -0.142. The standard InChI is InChI=1S/C27H30N2O6/c1-4-15(2)22(28-25(31)17-8-11-19(35-3)12-9-17)24(30)20-13-10-16-6-5-7-18-14-21(27(33)34)29(23(16)18)26(20)32/h5-9,11-12,15,20-22H,4,10,13-14H2,1-3H3,(H,28,31)(H,33,34)/t15-,20-,21-,22-/m0/s1. The van der Waals surface area contributed by atoms with Crippen molar-refractivity contribution in [3.63, 3.8) is 0 Å². The third-order valence-electron chi connectivity index (χ3n) is 7.19. The third kappa shape index (κ3) is 4.52. The lowest BCUT2D eigenvalue weighted by atomic mass is 9.85. The molecule has 0 saturated heterocycles. The summed E-state index contributed by atoms with van der Waals surface area (Å²) in [5, 5.41) is 12.7. The minimum absolute atomic E-state index is 0.215. The smallest absolute Gasteiger partial charge is 0.327 e. The Labute approximate surface area is 204 Å². The van der Waals surface area contributed by atoms with Gasteiger partial charge in [-0.2, -0.15) is 0 Å². The van der Waals surface area contributed by atoms with E-state index < -0.39 is 35.8 Å². The van der Waals surface area contributed by atoms with Crippen LogP contribution in [-0.2, 0) is 27.2 Å². The van der Waals surface area contributed by atoms with Gasteiger partial charge in [0.25, 0.3) is 5.91 Å². The second-order valence-electron chi connectivity index (χ2n) is 9.25. The number of carboxylic acids is 1. The van der Waals surface area contributed by atoms with E-state index >= 15 is 0 Å². The van der Waals surface area contributed by atoms with Gasteiger partial charge in [0.2, 0.25) is 5.91 Å². The summed E-state index contributed by atoms with van der Waals surface area (Å²) < 4.78 is 5.13. The number of benzene rings is 2. The van der Waals surface area contributed by atoms with E-state index in [4.69, 9.17) is 4.74 Å². The number of carboxylic acid groups (broad SMARTS) is 1. The summed E-state index contributed by atoms with van der Waals surface area (Å²) in [6.45, 7) is 3.78. The monoisotopic (exact) mass is 478 g/mol. The molecule has 35 heavy (non-hydrogen) atoms. The molecule has 0 spiro atoms. The summed E-state index contributed by atoms with van der Waals surface area (Å²) in [5.74, 6) is -3.03. The Morgan fingerprint density at radius 3 is 2.46 bits per heavy atom. The Bertz CT molecular complexity index is 1160. The highest BCUT2D eigenvalue weighted by Crippen LogP contribution is 2.40. The van der Waals surface area contributed by atoms with Crippen molar-refractivity contribution < 1.29 is 29.0 Å². The first-order valence-corrected chi connectivity index (χ1v) is 11.9. The third-order valence-corrected chi connectivity index (χ3v) is 7.19. The van der Waals surface area contributed by atoms with Gasteiger partial charge in [-0.25, -0.2) is 4.79 Å². The first-order chi connectivity index (χ1) is 16.8. The van der Waals surface area contributed by atoms with Gasteiger partial charge in [-0.1, -0.05) is 38.5 Å². The molecule has 2 aromatic carbocycles. The fraction of sp³-hybridized carbons (Fsp3) is 0.407. The number of ketones is 1. The molecule has 0 fully saturated rings. The molecule has 8 nitrogen and oxygen atoms in total. The minimum Gasteiger partial charge on any atom is -0.497 e. The second kappa shape index (κ2) is 9.90. The number of methoxy groups -OCH3 is 1. The molecule has 2 aromatic rings. The van der Waals surface area contributed by atoms with Crippen LogP contribution in [0.3, 0.4) is 0 Å². The van der Waals surface area contributed by atoms with Crippen LogP contribution in [0, 0.1) is 11.8 Å². The summed E-state index contributed by atoms with van der Waals surface area (Å²) in [4.78, 5) is 53.8. The number of Topliss-reactive ketones (excluding diaryl/α,β-unsaturated/α-hetero) is 1. The summed E-state index contributed by atoms with van der Waals surface area (Å²) in [5.41, 5.74) is 2.68. The summed E-state index contributed by atoms with van der Waals surface area (Å²) in [6.07, 6.45) is 1.58. The zero-order chi connectivity index (χ0) is 25.3. The number of para-hydroxylation sites is 1. The van der Waals surface area contributed by atoms with Crippen molar-refractivity contribution in [2.24, 2.45) is 11.8 Å². The molecular formula is C27H30N2O6. The van der Waals surface area contributed by atoms with E-state index in [0.717, 1.165) is 11.1 Å². The average molecular weight is 479 g/mol. The van der Waals surface area contributed by atoms with Gasteiger partial charge in [-0.15, -0.1) is 0 Å². The van der Waals surface area contributed by atoms with Gasteiger partial charge < -0.3 is 15.2 Å². The lowest BCUT2D eigenvalue weighted by Crippen LogP contribution is -2.53. The highest BCUT2D eigenvalue weighted by Gasteiger charge is 2.47. The highest BCUT2D eigenvalue weighted by atomic mass is 16.5. The predicted molar refractivity (Wildman–Crippen MR) is 130 cm³/mol. The number of amides is 2. The van der Waals surface area contributed by atoms with Crippen LogP contribution in [0.15, 0.2) is 42.5 Å². The molecule has 0 bridgehead atoms. The minimum atomic E-state index is -1.10. The van der Waals surface area contributed by atoms with E-state index in [9.17, 15) is 24.3 Å². The van der Waals surface area contributed by atoms with E-state index in [1.54, 1.807) is 24.3 Å². The number of rotatable bonds is 8. The molecule has 4 atom stereocenters. The number of aliphatic carboxylic acids is 1. The number of carbonyl (C=O) groups is 4. The van der Waals surface area contributed by atoms with Crippen molar-refractivity contribution in [2.45, 2.75) is 51.6 Å². The first-order valence-electron chi connectivity index (χ1n) is 11.9. The fourth-order valence-corrected chi connectivity index (χ4v) is 5.01. The van der Waals surface area contributed by atoms with Crippen molar-refractivity contribution in [1.29, 1.82) is 0 Å². The predicted octanol–water partition coefficient (Wildman–Crippen LogP) is 3.01. The molecule has 0 aliphatic carbocycles. The van der Waals surface area contributed by atoms with E-state index in [1.807, 2.05) is 32.0 Å². The summed E-state index contributed by atoms with van der Waals surface area (Å²) >= 11 is 0. The number of aryl methyl sites for hydroxylation is 1. The van der Waals surface area contributed by atoms with Crippen molar-refractivity contribution in [3.8, 4) is 5.75 Å². The maximum atomic E-state index is 13.8. The van der Waals surface area contributed by atoms with Gasteiger partial charge in [-0.05, 0) is 54.2 Å². The van der Waals surface area contributed by atoms with E-state index in [1.165, 1.54) is 12.0 Å². The topological polar surface area (TPSA) is 113 Å². The van der Waals surface area contributed by atoms with Crippen LogP contribution in [0.4, 0.5) is 5.69 Å². The number of anilines is 1. The van der Waals surface area contributed by atoms with Gasteiger partial charge >= 0.3 is 5.97 Å². The Balaban J connectivity index is 1.63. The van der Waals surface area contributed by atoms with Crippen molar-refractivity contribution in [3.05, 3.63) is 59.2 Å². The van der Waals surface area contributed by atoms with Gasteiger partial charge in [-0.3, -0.25) is 19.3 Å². The van der Waals surface area contributed by atoms with Crippen LogP contribution < -0.4 is 15.0 Å². The zero-order valence-electron chi connectivity index (χ0n) is 20.1. The summed E-state index contributed by atoms with van der Waals surface area (Å²) in [6, 6.07) is 10.2. The molecular weight excluding hydrogens is 448 g/mol. The van der Waals surface area contributed by atoms with Crippen molar-refractivity contribution >= 4 is 29.3 Å². The number of nitrogens with zero attached hydrogens (tertiary/aromatic N) is 1.